The molecule has 0 saturated heterocycles. The van der Waals surface area contributed by atoms with E-state index in [1.165, 1.54) is 14.0 Å². The molecular weight excluding hydrogens is 312 g/mol. The lowest BCUT2D eigenvalue weighted by Gasteiger charge is -2.24. The Balaban J connectivity index is 4.56. The first kappa shape index (κ1) is 15.4. The molecule has 0 aliphatic heterocycles. The second kappa shape index (κ2) is 5.66. The van der Waals surface area contributed by atoms with Crippen LogP contribution in [-0.4, -0.2) is 33.4 Å². The first-order valence-corrected chi connectivity index (χ1v) is 7.46. The summed E-state index contributed by atoms with van der Waals surface area (Å²) in [5.41, 5.74) is 0. The fourth-order valence-electron chi connectivity index (χ4n) is 0.450. The Kier molecular flexibility index (Phi) is 6.23. The van der Waals surface area contributed by atoms with Crippen LogP contribution in [0, 0.1) is 0 Å². The van der Waals surface area contributed by atoms with Crippen molar-refractivity contribution in [2.45, 2.75) is 15.4 Å². The van der Waals surface area contributed by atoms with Gasteiger partial charge >= 0.3 is 0 Å². The molecule has 0 amide bonds. The van der Waals surface area contributed by atoms with E-state index in [0.29, 0.717) is 11.9 Å². The van der Waals surface area contributed by atoms with Gasteiger partial charge in [0.05, 0.1) is 5.75 Å². The van der Waals surface area contributed by atoms with Crippen LogP contribution in [0.25, 0.3) is 0 Å². The minimum absolute atomic E-state index is 0.0460. The highest BCUT2D eigenvalue weighted by atomic mass is 35.5. The van der Waals surface area contributed by atoms with Crippen molar-refractivity contribution in [1.29, 1.82) is 0 Å². The molecule has 0 heterocycles. The summed E-state index contributed by atoms with van der Waals surface area (Å²) in [5.74, 6) is -0.0460. The number of sulfonamides is 1. The summed E-state index contributed by atoms with van der Waals surface area (Å²) in [6.07, 6.45) is 0. The van der Waals surface area contributed by atoms with Crippen LogP contribution in [0.1, 0.15) is 6.92 Å². The van der Waals surface area contributed by atoms with Gasteiger partial charge in [-0.05, 0) is 18.9 Å². The molecule has 86 valence electrons. The Morgan fingerprint density at radius 1 is 1.43 bits per heavy atom. The third-order valence-electron chi connectivity index (χ3n) is 1.26. The normalized spacial score (nSPS) is 14.0. The first-order valence-electron chi connectivity index (χ1n) is 3.45. The summed E-state index contributed by atoms with van der Waals surface area (Å²) in [4.78, 5) is -1.09. The van der Waals surface area contributed by atoms with Crippen molar-refractivity contribution in [3.8, 4) is 0 Å². The number of hydrogen-bond donors (Lipinski definition) is 0. The van der Waals surface area contributed by atoms with Gasteiger partial charge in [0.25, 0.3) is 0 Å². The minimum Gasteiger partial charge on any atom is -0.211 e. The maximum absolute atomic E-state index is 11.3. The highest BCUT2D eigenvalue weighted by molar-refractivity contribution is 8.10. The van der Waals surface area contributed by atoms with Gasteiger partial charge in [0.15, 0.2) is 4.84 Å². The molecule has 0 aromatic carbocycles. The van der Waals surface area contributed by atoms with Gasteiger partial charge in [-0.25, -0.2) is 8.42 Å². The lowest BCUT2D eigenvalue weighted by molar-refractivity contribution is 0.565. The van der Waals surface area contributed by atoms with Gasteiger partial charge in [0.1, 0.15) is 0 Å². The third kappa shape index (κ3) is 4.51. The molecule has 0 aromatic rings. The van der Waals surface area contributed by atoms with Gasteiger partial charge in [0.2, 0.25) is 13.7 Å². The fraction of sp³-hybridized carbons (Fsp3) is 1.00. The Hall–Kier alpha value is 1.42. The van der Waals surface area contributed by atoms with Crippen LogP contribution in [0.4, 0.5) is 0 Å². The highest BCUT2D eigenvalue weighted by Gasteiger charge is 2.37. The van der Waals surface area contributed by atoms with Gasteiger partial charge in [0, 0.05) is 7.05 Å². The summed E-state index contributed by atoms with van der Waals surface area (Å²) in [7, 11) is -2.02. The third-order valence-corrected chi connectivity index (χ3v) is 6.63. The molecule has 0 fully saturated rings. The molecule has 0 atom stereocenters. The van der Waals surface area contributed by atoms with E-state index in [4.69, 9.17) is 46.4 Å². The van der Waals surface area contributed by atoms with Crippen LogP contribution < -0.4 is 0 Å². The molecule has 0 aliphatic carbocycles. The molecular formula is C5H9Cl4NO2S2. The van der Waals surface area contributed by atoms with Gasteiger partial charge in [-0.3, -0.25) is 0 Å². The smallest absolute Gasteiger partial charge is 0.211 e. The second-order valence-electron chi connectivity index (χ2n) is 2.26. The monoisotopic (exact) mass is 319 g/mol. The van der Waals surface area contributed by atoms with Crippen LogP contribution in [0.3, 0.4) is 0 Å². The summed E-state index contributed by atoms with van der Waals surface area (Å²) >= 11 is 23.0. The Labute approximate surface area is 108 Å². The lowest BCUT2D eigenvalue weighted by Crippen LogP contribution is -2.29. The van der Waals surface area contributed by atoms with E-state index >= 15 is 0 Å². The first-order chi connectivity index (χ1) is 6.13. The maximum Gasteiger partial charge on any atom is 0.222 e. The van der Waals surface area contributed by atoms with Gasteiger partial charge in [-0.1, -0.05) is 23.2 Å². The summed E-state index contributed by atoms with van der Waals surface area (Å²) in [6, 6.07) is 0. The number of alkyl halides is 4. The van der Waals surface area contributed by atoms with Crippen LogP contribution in [-0.2, 0) is 10.0 Å². The number of hydrogen-bond acceptors (Lipinski definition) is 3. The zero-order chi connectivity index (χ0) is 11.6. The number of rotatable bonds is 5. The average molecular weight is 321 g/mol. The topological polar surface area (TPSA) is 37.4 Å². The van der Waals surface area contributed by atoms with Crippen LogP contribution in [0.15, 0.2) is 0 Å². The van der Waals surface area contributed by atoms with Crippen molar-refractivity contribution in [2.75, 3.05) is 12.8 Å². The van der Waals surface area contributed by atoms with Crippen molar-refractivity contribution < 1.29 is 8.42 Å². The van der Waals surface area contributed by atoms with Crippen molar-refractivity contribution >= 4 is 68.4 Å². The lowest BCUT2D eigenvalue weighted by atomic mass is 10.9. The predicted molar refractivity (Wildman–Crippen MR) is 64.7 cm³/mol. The standard InChI is InChI=1S/C5H9Cl4NO2S2/c1-3-14(11,12)10(2)13-5(8,9)4(6)7/h4H,3H2,1-2H3. The van der Waals surface area contributed by atoms with Crippen molar-refractivity contribution in [1.82, 2.24) is 3.71 Å². The van der Waals surface area contributed by atoms with Crippen molar-refractivity contribution in [3.05, 3.63) is 0 Å². The van der Waals surface area contributed by atoms with E-state index in [0.717, 1.165) is 3.71 Å². The molecule has 0 aromatic heterocycles. The molecule has 0 N–H and O–H groups in total. The SMILES string of the molecule is CCS(=O)(=O)N(C)SC(Cl)(Cl)C(Cl)Cl. The van der Waals surface area contributed by atoms with Crippen LogP contribution in [0.5, 0.6) is 0 Å². The van der Waals surface area contributed by atoms with Crippen LogP contribution >= 0.6 is 58.4 Å². The Morgan fingerprint density at radius 2 is 1.86 bits per heavy atom. The molecule has 0 bridgehead atoms. The average Bonchev–Trinajstić information content (AvgIpc) is 2.03. The predicted octanol–water partition coefficient (Wildman–Crippen LogP) is 2.85. The van der Waals surface area contributed by atoms with E-state index in [1.807, 2.05) is 0 Å². The van der Waals surface area contributed by atoms with E-state index in [1.54, 1.807) is 0 Å². The second-order valence-corrected chi connectivity index (χ2v) is 9.09. The molecule has 0 spiro atoms. The summed E-state index contributed by atoms with van der Waals surface area (Å²) in [6.45, 7) is 1.51. The molecule has 0 radical (unpaired) electrons. The zero-order valence-electron chi connectivity index (χ0n) is 7.38. The van der Waals surface area contributed by atoms with Gasteiger partial charge in [-0.2, -0.15) is 0 Å². The molecule has 14 heavy (non-hydrogen) atoms. The Bertz CT molecular complexity index is 279. The highest BCUT2D eigenvalue weighted by Crippen LogP contribution is 2.44. The van der Waals surface area contributed by atoms with Crippen molar-refractivity contribution in [2.24, 2.45) is 0 Å². The number of nitrogens with zero attached hydrogens (tertiary/aromatic N) is 1. The summed E-state index contributed by atoms with van der Waals surface area (Å²) < 4.78 is 22.0. The minimum atomic E-state index is -3.35. The Morgan fingerprint density at radius 3 is 2.14 bits per heavy atom. The molecule has 0 saturated carbocycles. The zero-order valence-corrected chi connectivity index (χ0v) is 12.0. The molecule has 3 nitrogen and oxygen atoms in total. The molecule has 9 heteroatoms. The van der Waals surface area contributed by atoms with E-state index in [9.17, 15) is 8.42 Å². The molecule has 0 aliphatic rings. The van der Waals surface area contributed by atoms with Gasteiger partial charge in [-0.15, -0.1) is 26.9 Å². The molecule has 0 rings (SSSR count). The van der Waals surface area contributed by atoms with E-state index in [-0.39, 0.29) is 5.75 Å². The quantitative estimate of drug-likeness (QED) is 0.577. The molecule has 0 unspecified atom stereocenters. The fourth-order valence-corrected chi connectivity index (χ4v) is 3.46. The summed E-state index contributed by atoms with van der Waals surface area (Å²) in [5, 5.41) is 0. The van der Waals surface area contributed by atoms with Crippen LogP contribution in [0.2, 0.25) is 0 Å². The van der Waals surface area contributed by atoms with E-state index < -0.39 is 18.5 Å². The number of halogens is 4. The largest absolute Gasteiger partial charge is 0.222 e. The van der Waals surface area contributed by atoms with Crippen molar-refractivity contribution in [3.63, 3.8) is 0 Å². The maximum atomic E-state index is 11.3. The van der Waals surface area contributed by atoms with Gasteiger partial charge < -0.3 is 0 Å². The van der Waals surface area contributed by atoms with E-state index in [2.05, 4.69) is 0 Å².